The maximum Gasteiger partial charge on any atom is 0.118 e. The normalized spacial score (nSPS) is 10.8. The molecule has 0 amide bonds. The fourth-order valence-corrected chi connectivity index (χ4v) is 2.55. The molecule has 2 aromatic rings. The van der Waals surface area contributed by atoms with Gasteiger partial charge in [0.05, 0.1) is 11.7 Å². The highest BCUT2D eigenvalue weighted by Crippen LogP contribution is 2.24. The van der Waals surface area contributed by atoms with E-state index in [0.29, 0.717) is 0 Å². The van der Waals surface area contributed by atoms with Crippen molar-refractivity contribution in [3.05, 3.63) is 22.2 Å². The monoisotopic (exact) mass is 306 g/mol. The molecule has 0 unspecified atom stereocenters. The summed E-state index contributed by atoms with van der Waals surface area (Å²) in [6.07, 6.45) is 0. The zero-order chi connectivity index (χ0) is 8.55. The Bertz CT molecular complexity index is 413. The molecule has 1 heterocycles. The fourth-order valence-electron chi connectivity index (χ4n) is 0.981. The summed E-state index contributed by atoms with van der Waals surface area (Å²) in [6.45, 7) is 0. The minimum atomic E-state index is 0.846. The molecule has 0 aliphatic heterocycles. The van der Waals surface area contributed by atoms with Crippen molar-refractivity contribution >= 4 is 54.6 Å². The van der Waals surface area contributed by atoms with Crippen molar-refractivity contribution in [3.63, 3.8) is 0 Å². The minimum Gasteiger partial charge on any atom is -0.173 e. The molecular formula is C7H4Br2N2S. The number of hydrogen-bond acceptors (Lipinski definition) is 3. The third-order valence-corrected chi connectivity index (χ3v) is 3.32. The predicted octanol–water partition coefficient (Wildman–Crippen LogP) is 3.35. The molecule has 2 rings (SSSR count). The zero-order valence-electron chi connectivity index (χ0n) is 5.92. The topological polar surface area (TPSA) is 25.8 Å². The van der Waals surface area contributed by atoms with Crippen LogP contribution in [0.1, 0.15) is 5.56 Å². The standard InChI is InChI=1S/C7H4Br2N2S/c8-3-4-1-5(9)7-6(2-4)10-12-11-7/h1-2H,3H2. The highest BCUT2D eigenvalue weighted by Gasteiger charge is 2.04. The Morgan fingerprint density at radius 1 is 1.33 bits per heavy atom. The van der Waals surface area contributed by atoms with Crippen LogP contribution in [0.15, 0.2) is 16.6 Å². The predicted molar refractivity (Wildman–Crippen MR) is 57.7 cm³/mol. The van der Waals surface area contributed by atoms with Gasteiger partial charge in [0.2, 0.25) is 0 Å². The lowest BCUT2D eigenvalue weighted by Crippen LogP contribution is -1.79. The first-order valence-electron chi connectivity index (χ1n) is 3.28. The quantitative estimate of drug-likeness (QED) is 0.755. The third-order valence-electron chi connectivity index (χ3n) is 1.53. The Hall–Kier alpha value is -0.0000000000000000555. The molecule has 0 spiro atoms. The first-order chi connectivity index (χ1) is 5.81. The second kappa shape index (κ2) is 3.40. The van der Waals surface area contributed by atoms with Crippen LogP contribution >= 0.6 is 43.6 Å². The largest absolute Gasteiger partial charge is 0.173 e. The highest BCUT2D eigenvalue weighted by atomic mass is 79.9. The van der Waals surface area contributed by atoms with Gasteiger partial charge >= 0.3 is 0 Å². The van der Waals surface area contributed by atoms with Crippen LogP contribution in [0.4, 0.5) is 0 Å². The lowest BCUT2D eigenvalue weighted by Gasteiger charge is -1.96. The van der Waals surface area contributed by atoms with Gasteiger partial charge in [0.15, 0.2) is 0 Å². The maximum absolute atomic E-state index is 4.17. The first kappa shape index (κ1) is 8.59. The highest BCUT2D eigenvalue weighted by molar-refractivity contribution is 9.10. The number of aromatic nitrogens is 2. The summed E-state index contributed by atoms with van der Waals surface area (Å²) in [5.74, 6) is 0. The average Bonchev–Trinajstić information content (AvgIpc) is 2.52. The second-order valence-electron chi connectivity index (χ2n) is 2.34. The van der Waals surface area contributed by atoms with E-state index in [9.17, 15) is 0 Å². The summed E-state index contributed by atoms with van der Waals surface area (Å²) in [6, 6.07) is 4.09. The molecule has 0 aliphatic carbocycles. The van der Waals surface area contributed by atoms with E-state index in [0.717, 1.165) is 20.8 Å². The number of hydrogen-bond donors (Lipinski definition) is 0. The smallest absolute Gasteiger partial charge is 0.118 e. The summed E-state index contributed by atoms with van der Waals surface area (Å²) in [5, 5.41) is 0.846. The van der Waals surface area contributed by atoms with E-state index in [1.807, 2.05) is 6.07 Å². The van der Waals surface area contributed by atoms with Crippen LogP contribution in [-0.4, -0.2) is 8.75 Å². The van der Waals surface area contributed by atoms with Crippen molar-refractivity contribution in [1.29, 1.82) is 0 Å². The van der Waals surface area contributed by atoms with E-state index in [4.69, 9.17) is 0 Å². The molecule has 2 nitrogen and oxygen atoms in total. The van der Waals surface area contributed by atoms with E-state index in [1.54, 1.807) is 0 Å². The van der Waals surface area contributed by atoms with Crippen molar-refractivity contribution < 1.29 is 0 Å². The van der Waals surface area contributed by atoms with Crippen LogP contribution in [-0.2, 0) is 5.33 Å². The Labute approximate surface area is 90.6 Å². The summed E-state index contributed by atoms with van der Waals surface area (Å²) in [4.78, 5) is 0. The molecule has 0 saturated heterocycles. The fraction of sp³-hybridized carbons (Fsp3) is 0.143. The lowest BCUT2D eigenvalue weighted by molar-refractivity contribution is 1.43. The van der Waals surface area contributed by atoms with Gasteiger partial charge in [-0.15, -0.1) is 0 Å². The van der Waals surface area contributed by atoms with Crippen LogP contribution in [0, 0.1) is 0 Å². The average molecular weight is 308 g/mol. The van der Waals surface area contributed by atoms with E-state index < -0.39 is 0 Å². The number of fused-ring (bicyclic) bond motifs is 1. The summed E-state index contributed by atoms with van der Waals surface area (Å²) in [5.41, 5.74) is 3.12. The van der Waals surface area contributed by atoms with Gasteiger partial charge in [0.1, 0.15) is 11.0 Å². The molecule has 0 fully saturated rings. The van der Waals surface area contributed by atoms with Gasteiger partial charge in [-0.1, -0.05) is 15.9 Å². The summed E-state index contributed by atoms with van der Waals surface area (Å²) >= 11 is 8.09. The summed E-state index contributed by atoms with van der Waals surface area (Å²) < 4.78 is 9.35. The number of halogens is 2. The van der Waals surface area contributed by atoms with Crippen LogP contribution in [0.5, 0.6) is 0 Å². The Kier molecular flexibility index (Phi) is 2.43. The van der Waals surface area contributed by atoms with E-state index >= 15 is 0 Å². The van der Waals surface area contributed by atoms with Crippen LogP contribution in [0.2, 0.25) is 0 Å². The number of nitrogens with zero attached hydrogens (tertiary/aromatic N) is 2. The molecule has 5 heteroatoms. The molecular weight excluding hydrogens is 304 g/mol. The van der Waals surface area contributed by atoms with Gasteiger partial charge in [-0.05, 0) is 33.6 Å². The van der Waals surface area contributed by atoms with Gasteiger partial charge in [-0.3, -0.25) is 0 Å². The van der Waals surface area contributed by atoms with Crippen LogP contribution < -0.4 is 0 Å². The Morgan fingerprint density at radius 3 is 2.92 bits per heavy atom. The van der Waals surface area contributed by atoms with E-state index in [-0.39, 0.29) is 0 Å². The Balaban J connectivity index is 2.75. The molecule has 0 radical (unpaired) electrons. The van der Waals surface area contributed by atoms with Crippen molar-refractivity contribution in [3.8, 4) is 0 Å². The first-order valence-corrected chi connectivity index (χ1v) is 5.92. The van der Waals surface area contributed by atoms with Crippen LogP contribution in [0.3, 0.4) is 0 Å². The molecule has 12 heavy (non-hydrogen) atoms. The zero-order valence-corrected chi connectivity index (χ0v) is 9.91. The van der Waals surface area contributed by atoms with Crippen molar-refractivity contribution in [2.75, 3.05) is 0 Å². The molecule has 0 atom stereocenters. The molecule has 0 bridgehead atoms. The van der Waals surface area contributed by atoms with Gasteiger partial charge in [0, 0.05) is 9.80 Å². The maximum atomic E-state index is 4.17. The van der Waals surface area contributed by atoms with Gasteiger partial charge in [-0.2, -0.15) is 8.75 Å². The number of benzene rings is 1. The number of rotatable bonds is 1. The molecule has 0 saturated carbocycles. The second-order valence-corrected chi connectivity index (χ2v) is 4.29. The van der Waals surface area contributed by atoms with Gasteiger partial charge in [-0.25, -0.2) is 0 Å². The summed E-state index contributed by atoms with van der Waals surface area (Å²) in [7, 11) is 0. The molecule has 1 aromatic carbocycles. The van der Waals surface area contributed by atoms with Crippen LogP contribution in [0.25, 0.3) is 11.0 Å². The minimum absolute atomic E-state index is 0.846. The van der Waals surface area contributed by atoms with Gasteiger partial charge < -0.3 is 0 Å². The van der Waals surface area contributed by atoms with Gasteiger partial charge in [0.25, 0.3) is 0 Å². The Morgan fingerprint density at radius 2 is 2.17 bits per heavy atom. The third kappa shape index (κ3) is 1.41. The van der Waals surface area contributed by atoms with E-state index in [1.165, 1.54) is 17.3 Å². The van der Waals surface area contributed by atoms with E-state index in [2.05, 4.69) is 46.7 Å². The SMILES string of the molecule is BrCc1cc(Br)c2nsnc2c1. The van der Waals surface area contributed by atoms with Crippen molar-refractivity contribution in [2.24, 2.45) is 0 Å². The molecule has 62 valence electrons. The molecule has 0 aliphatic rings. The number of alkyl halides is 1. The van der Waals surface area contributed by atoms with Crippen molar-refractivity contribution in [2.45, 2.75) is 5.33 Å². The van der Waals surface area contributed by atoms with Crippen molar-refractivity contribution in [1.82, 2.24) is 8.75 Å². The molecule has 1 aromatic heterocycles. The molecule has 0 N–H and O–H groups in total. The lowest BCUT2D eigenvalue weighted by atomic mass is 10.2.